The molecule has 1 N–H and O–H groups in total. The van der Waals surface area contributed by atoms with Gasteiger partial charge >= 0.3 is 0 Å². The minimum Gasteiger partial charge on any atom is -0.496 e. The first-order valence-electron chi connectivity index (χ1n) is 5.00. The van der Waals surface area contributed by atoms with Gasteiger partial charge in [-0.2, -0.15) is 5.26 Å². The molecule has 0 fully saturated rings. The van der Waals surface area contributed by atoms with Crippen molar-refractivity contribution in [3.05, 3.63) is 29.3 Å². The molecule has 1 aromatic carbocycles. The third-order valence-corrected chi connectivity index (χ3v) is 2.44. The van der Waals surface area contributed by atoms with Crippen LogP contribution in [-0.4, -0.2) is 14.2 Å². The van der Waals surface area contributed by atoms with Gasteiger partial charge < -0.3 is 10.1 Å². The molecule has 0 saturated carbocycles. The molecule has 0 aliphatic rings. The summed E-state index contributed by atoms with van der Waals surface area (Å²) in [5, 5.41) is 11.9. The quantitative estimate of drug-likeness (QED) is 0.816. The molecule has 0 aliphatic heterocycles. The smallest absolute Gasteiger partial charge is 0.122 e. The van der Waals surface area contributed by atoms with Crippen molar-refractivity contribution in [3.8, 4) is 11.8 Å². The van der Waals surface area contributed by atoms with Crippen molar-refractivity contribution >= 4 is 0 Å². The fraction of sp³-hybridized carbons (Fsp3) is 0.417. The Balaban J connectivity index is 3.08. The average molecular weight is 204 g/mol. The molecule has 3 nitrogen and oxygen atoms in total. The molecule has 0 spiro atoms. The molecule has 1 atom stereocenters. The molecular weight excluding hydrogens is 188 g/mol. The van der Waals surface area contributed by atoms with Crippen LogP contribution in [-0.2, 0) is 6.42 Å². The first kappa shape index (κ1) is 11.5. The van der Waals surface area contributed by atoms with Gasteiger partial charge in [-0.1, -0.05) is 13.0 Å². The Hall–Kier alpha value is -1.53. The zero-order valence-corrected chi connectivity index (χ0v) is 9.37. The largest absolute Gasteiger partial charge is 0.496 e. The minimum atomic E-state index is -0.249. The predicted molar refractivity (Wildman–Crippen MR) is 59.8 cm³/mol. The van der Waals surface area contributed by atoms with E-state index in [2.05, 4.69) is 18.3 Å². The lowest BCUT2D eigenvalue weighted by atomic mass is 10.0. The fourth-order valence-electron chi connectivity index (χ4n) is 1.56. The van der Waals surface area contributed by atoms with Crippen molar-refractivity contribution < 1.29 is 4.74 Å². The molecule has 3 heteroatoms. The van der Waals surface area contributed by atoms with Crippen molar-refractivity contribution in [2.24, 2.45) is 0 Å². The van der Waals surface area contributed by atoms with Gasteiger partial charge in [-0.05, 0) is 36.7 Å². The molecule has 15 heavy (non-hydrogen) atoms. The number of benzene rings is 1. The number of methoxy groups -OCH3 is 1. The molecule has 1 aromatic rings. The van der Waals surface area contributed by atoms with E-state index in [-0.39, 0.29) is 6.04 Å². The van der Waals surface area contributed by atoms with E-state index in [1.165, 1.54) is 0 Å². The van der Waals surface area contributed by atoms with E-state index < -0.39 is 0 Å². The Bertz CT molecular complexity index is 368. The van der Waals surface area contributed by atoms with Crippen molar-refractivity contribution in [2.45, 2.75) is 19.4 Å². The predicted octanol–water partition coefficient (Wildman–Crippen LogP) is 2.04. The van der Waals surface area contributed by atoms with Gasteiger partial charge in [-0.3, -0.25) is 0 Å². The van der Waals surface area contributed by atoms with Gasteiger partial charge in [-0.25, -0.2) is 0 Å². The number of hydrogen-bond acceptors (Lipinski definition) is 3. The molecule has 0 bridgehead atoms. The standard InChI is InChI=1S/C12H16N2O/c1-4-9-7-10(11(8-13)14-2)5-6-12(9)15-3/h5-7,11,14H,4H2,1-3H3. The van der Waals surface area contributed by atoms with Crippen LogP contribution in [0.2, 0.25) is 0 Å². The van der Waals surface area contributed by atoms with Crippen LogP contribution >= 0.6 is 0 Å². The van der Waals surface area contributed by atoms with Crippen LogP contribution in [0.3, 0.4) is 0 Å². The highest BCUT2D eigenvalue weighted by Crippen LogP contribution is 2.23. The lowest BCUT2D eigenvalue weighted by Crippen LogP contribution is -2.14. The Labute approximate surface area is 90.7 Å². The van der Waals surface area contributed by atoms with E-state index in [4.69, 9.17) is 10.00 Å². The van der Waals surface area contributed by atoms with Crippen molar-refractivity contribution in [2.75, 3.05) is 14.2 Å². The first-order valence-corrected chi connectivity index (χ1v) is 5.00. The van der Waals surface area contributed by atoms with Gasteiger partial charge in [0, 0.05) is 0 Å². The zero-order valence-electron chi connectivity index (χ0n) is 9.37. The monoisotopic (exact) mass is 204 g/mol. The SMILES string of the molecule is CCc1cc(C(C#N)NC)ccc1OC. The van der Waals surface area contributed by atoms with E-state index in [1.807, 2.05) is 18.2 Å². The number of nitriles is 1. The summed E-state index contributed by atoms with van der Waals surface area (Å²) < 4.78 is 5.23. The number of nitrogens with zero attached hydrogens (tertiary/aromatic N) is 1. The van der Waals surface area contributed by atoms with Gasteiger partial charge in [0.15, 0.2) is 0 Å². The minimum absolute atomic E-state index is 0.249. The van der Waals surface area contributed by atoms with Crippen LogP contribution in [0.15, 0.2) is 18.2 Å². The molecule has 0 saturated heterocycles. The van der Waals surface area contributed by atoms with Gasteiger partial charge in [0.25, 0.3) is 0 Å². The van der Waals surface area contributed by atoms with Crippen LogP contribution in [0.25, 0.3) is 0 Å². The van der Waals surface area contributed by atoms with Crippen LogP contribution in [0.5, 0.6) is 5.75 Å². The molecule has 1 rings (SSSR count). The van der Waals surface area contributed by atoms with Crippen LogP contribution in [0, 0.1) is 11.3 Å². The van der Waals surface area contributed by atoms with Crippen LogP contribution < -0.4 is 10.1 Å². The number of hydrogen-bond donors (Lipinski definition) is 1. The van der Waals surface area contributed by atoms with E-state index in [1.54, 1.807) is 14.2 Å². The second-order valence-corrected chi connectivity index (χ2v) is 3.28. The lowest BCUT2D eigenvalue weighted by molar-refractivity contribution is 0.410. The Kier molecular flexibility index (Phi) is 4.14. The summed E-state index contributed by atoms with van der Waals surface area (Å²) in [5.41, 5.74) is 2.11. The normalized spacial score (nSPS) is 11.9. The van der Waals surface area contributed by atoms with E-state index in [0.717, 1.165) is 23.3 Å². The lowest BCUT2D eigenvalue weighted by Gasteiger charge is -2.12. The highest BCUT2D eigenvalue weighted by atomic mass is 16.5. The highest BCUT2D eigenvalue weighted by molar-refractivity contribution is 5.39. The molecular formula is C12H16N2O. The maximum absolute atomic E-state index is 8.93. The molecule has 0 radical (unpaired) electrons. The second-order valence-electron chi connectivity index (χ2n) is 3.28. The second kappa shape index (κ2) is 5.38. The Morgan fingerprint density at radius 2 is 2.27 bits per heavy atom. The van der Waals surface area contributed by atoms with E-state index in [0.29, 0.717) is 0 Å². The van der Waals surface area contributed by atoms with Crippen molar-refractivity contribution in [1.82, 2.24) is 5.32 Å². The molecule has 0 aromatic heterocycles. The van der Waals surface area contributed by atoms with Crippen LogP contribution in [0.4, 0.5) is 0 Å². The number of nitrogens with one attached hydrogen (secondary N) is 1. The van der Waals surface area contributed by atoms with Crippen molar-refractivity contribution in [3.63, 3.8) is 0 Å². The third-order valence-electron chi connectivity index (χ3n) is 2.44. The van der Waals surface area contributed by atoms with Gasteiger partial charge in [0.2, 0.25) is 0 Å². The maximum atomic E-state index is 8.93. The Morgan fingerprint density at radius 3 is 2.73 bits per heavy atom. The van der Waals surface area contributed by atoms with Gasteiger partial charge in [-0.15, -0.1) is 0 Å². The summed E-state index contributed by atoms with van der Waals surface area (Å²) in [7, 11) is 3.44. The summed E-state index contributed by atoms with van der Waals surface area (Å²) in [6, 6.07) is 7.80. The molecule has 0 aliphatic carbocycles. The zero-order chi connectivity index (χ0) is 11.3. The summed E-state index contributed by atoms with van der Waals surface area (Å²) in [5.74, 6) is 0.883. The highest BCUT2D eigenvalue weighted by Gasteiger charge is 2.10. The number of aryl methyl sites for hydroxylation is 1. The van der Waals surface area contributed by atoms with Gasteiger partial charge in [0.05, 0.1) is 13.2 Å². The van der Waals surface area contributed by atoms with Crippen molar-refractivity contribution in [1.29, 1.82) is 5.26 Å². The third kappa shape index (κ3) is 2.48. The summed E-state index contributed by atoms with van der Waals surface area (Å²) >= 11 is 0. The number of ether oxygens (including phenoxy) is 1. The summed E-state index contributed by atoms with van der Waals surface area (Å²) in [6.45, 7) is 2.07. The Morgan fingerprint density at radius 1 is 1.53 bits per heavy atom. The molecule has 1 unspecified atom stereocenters. The molecule has 0 amide bonds. The maximum Gasteiger partial charge on any atom is 0.122 e. The fourth-order valence-corrected chi connectivity index (χ4v) is 1.56. The molecule has 0 heterocycles. The van der Waals surface area contributed by atoms with E-state index in [9.17, 15) is 0 Å². The van der Waals surface area contributed by atoms with Gasteiger partial charge in [0.1, 0.15) is 11.8 Å². The topological polar surface area (TPSA) is 45.0 Å². The number of rotatable bonds is 4. The average Bonchev–Trinajstić information content (AvgIpc) is 2.30. The first-order chi connectivity index (χ1) is 7.26. The summed E-state index contributed by atoms with van der Waals surface area (Å²) in [6.07, 6.45) is 0.902. The molecule has 80 valence electrons. The summed E-state index contributed by atoms with van der Waals surface area (Å²) in [4.78, 5) is 0. The van der Waals surface area contributed by atoms with E-state index >= 15 is 0 Å². The van der Waals surface area contributed by atoms with Crippen LogP contribution in [0.1, 0.15) is 24.1 Å².